The fourth-order valence-corrected chi connectivity index (χ4v) is 4.38. The van der Waals surface area contributed by atoms with E-state index in [0.717, 1.165) is 35.2 Å². The summed E-state index contributed by atoms with van der Waals surface area (Å²) < 4.78 is 14.3. The Hall–Kier alpha value is -3.93. The maximum Gasteiger partial charge on any atom is 0.256 e. The third kappa shape index (κ3) is 4.37. The fourth-order valence-electron chi connectivity index (χ4n) is 4.38. The Bertz CT molecular complexity index is 1260. The summed E-state index contributed by atoms with van der Waals surface area (Å²) in [6, 6.07) is 19.9. The van der Waals surface area contributed by atoms with Crippen LogP contribution in [0.1, 0.15) is 34.8 Å². The Morgan fingerprint density at radius 2 is 1.70 bits per heavy atom. The van der Waals surface area contributed by atoms with Crippen LogP contribution in [0.4, 0.5) is 4.39 Å². The van der Waals surface area contributed by atoms with Crippen LogP contribution in [0.15, 0.2) is 85.3 Å². The normalized spacial score (nSPS) is 15.9. The summed E-state index contributed by atoms with van der Waals surface area (Å²) in [7, 11) is 0. The molecule has 1 fully saturated rings. The molecule has 1 atom stereocenters. The Balaban J connectivity index is 1.52. The Kier molecular flexibility index (Phi) is 5.89. The van der Waals surface area contributed by atoms with E-state index in [1.165, 1.54) is 6.07 Å². The van der Waals surface area contributed by atoms with Crippen LogP contribution in [0.5, 0.6) is 0 Å². The first-order chi connectivity index (χ1) is 16.2. The van der Waals surface area contributed by atoms with Crippen LogP contribution < -0.4 is 0 Å². The molecule has 1 unspecified atom stereocenters. The molecule has 0 radical (unpaired) electrons. The lowest BCUT2D eigenvalue weighted by molar-refractivity contribution is 0.0701. The number of likely N-dealkylation sites (tertiary alicyclic amines) is 1. The minimum Gasteiger partial charge on any atom is -0.338 e. The molecule has 164 valence electrons. The second-order valence-electron chi connectivity index (χ2n) is 8.16. The van der Waals surface area contributed by atoms with Crippen molar-refractivity contribution in [3.05, 3.63) is 102 Å². The highest BCUT2D eigenvalue weighted by Crippen LogP contribution is 2.34. The van der Waals surface area contributed by atoms with E-state index in [2.05, 4.69) is 9.97 Å². The van der Waals surface area contributed by atoms with Gasteiger partial charge in [0, 0.05) is 48.7 Å². The van der Waals surface area contributed by atoms with Gasteiger partial charge >= 0.3 is 0 Å². The van der Waals surface area contributed by atoms with E-state index in [-0.39, 0.29) is 17.4 Å². The van der Waals surface area contributed by atoms with Crippen LogP contribution in [-0.4, -0.2) is 38.8 Å². The molecule has 0 N–H and O–H groups in total. The number of nitrogens with zero attached hydrogens (tertiary/aromatic N) is 4. The lowest BCUT2D eigenvalue weighted by Crippen LogP contribution is -2.39. The standard InChI is InChI=1S/C27H23FN4O/c28-24-11-5-4-10-22(24)27(33)32-16-6-9-21(18-32)25-23(19-12-14-29-15-13-19)17-30-26(31-25)20-7-2-1-3-8-20/h1-5,7-8,10-15,17,21H,6,9,16,18H2. The number of benzene rings is 2. The number of pyridine rings is 1. The molecule has 0 saturated carbocycles. The second kappa shape index (κ2) is 9.28. The van der Waals surface area contributed by atoms with E-state index >= 15 is 0 Å². The average Bonchev–Trinajstić information content (AvgIpc) is 2.89. The summed E-state index contributed by atoms with van der Waals surface area (Å²) in [4.78, 5) is 28.6. The Morgan fingerprint density at radius 3 is 2.48 bits per heavy atom. The first-order valence-electron chi connectivity index (χ1n) is 11.1. The molecule has 2 aromatic carbocycles. The van der Waals surface area contributed by atoms with Gasteiger partial charge in [0.1, 0.15) is 5.82 Å². The number of hydrogen-bond acceptors (Lipinski definition) is 4. The zero-order valence-electron chi connectivity index (χ0n) is 18.1. The number of carbonyl (C=O) groups excluding carboxylic acids is 1. The summed E-state index contributed by atoms with van der Waals surface area (Å²) in [5.41, 5.74) is 3.87. The van der Waals surface area contributed by atoms with Crippen LogP contribution in [-0.2, 0) is 0 Å². The van der Waals surface area contributed by atoms with Crippen molar-refractivity contribution in [2.24, 2.45) is 0 Å². The minimum absolute atomic E-state index is 0.0168. The van der Waals surface area contributed by atoms with Gasteiger partial charge in [-0.25, -0.2) is 14.4 Å². The third-order valence-corrected chi connectivity index (χ3v) is 6.04. The van der Waals surface area contributed by atoms with Crippen molar-refractivity contribution in [3.8, 4) is 22.5 Å². The average molecular weight is 439 g/mol. The van der Waals surface area contributed by atoms with Crippen molar-refractivity contribution in [2.45, 2.75) is 18.8 Å². The molecule has 3 heterocycles. The first kappa shape index (κ1) is 20.9. The highest BCUT2D eigenvalue weighted by molar-refractivity contribution is 5.94. The quantitative estimate of drug-likeness (QED) is 0.430. The molecule has 33 heavy (non-hydrogen) atoms. The topological polar surface area (TPSA) is 59.0 Å². The number of halogens is 1. The lowest BCUT2D eigenvalue weighted by atomic mass is 9.89. The maximum absolute atomic E-state index is 14.3. The molecule has 0 bridgehead atoms. The Labute approximate surface area is 192 Å². The third-order valence-electron chi connectivity index (χ3n) is 6.04. The number of rotatable bonds is 4. The summed E-state index contributed by atoms with van der Waals surface area (Å²) in [5.74, 6) is -0.0971. The van der Waals surface area contributed by atoms with Gasteiger partial charge in [-0.05, 0) is 42.7 Å². The molecule has 4 aromatic rings. The number of aromatic nitrogens is 3. The Morgan fingerprint density at radius 1 is 0.939 bits per heavy atom. The second-order valence-corrected chi connectivity index (χ2v) is 8.16. The molecular weight excluding hydrogens is 415 g/mol. The largest absolute Gasteiger partial charge is 0.338 e. The van der Waals surface area contributed by atoms with Gasteiger partial charge in [0.2, 0.25) is 0 Å². The van der Waals surface area contributed by atoms with Gasteiger partial charge < -0.3 is 4.90 Å². The highest BCUT2D eigenvalue weighted by Gasteiger charge is 2.29. The molecule has 1 aliphatic heterocycles. The van der Waals surface area contributed by atoms with Crippen LogP contribution in [0.25, 0.3) is 22.5 Å². The smallest absolute Gasteiger partial charge is 0.256 e. The van der Waals surface area contributed by atoms with Crippen molar-refractivity contribution in [3.63, 3.8) is 0 Å². The van der Waals surface area contributed by atoms with Crippen molar-refractivity contribution in [1.29, 1.82) is 0 Å². The fraction of sp³-hybridized carbons (Fsp3) is 0.185. The molecule has 0 spiro atoms. The van der Waals surface area contributed by atoms with E-state index in [1.54, 1.807) is 35.5 Å². The number of amides is 1. The summed E-state index contributed by atoms with van der Waals surface area (Å²) in [6.45, 7) is 1.08. The zero-order valence-corrected chi connectivity index (χ0v) is 18.1. The van der Waals surface area contributed by atoms with Crippen LogP contribution in [0, 0.1) is 5.82 Å². The van der Waals surface area contributed by atoms with Crippen LogP contribution >= 0.6 is 0 Å². The predicted molar refractivity (Wildman–Crippen MR) is 125 cm³/mol. The van der Waals surface area contributed by atoms with E-state index in [0.29, 0.717) is 18.9 Å². The first-order valence-corrected chi connectivity index (χ1v) is 11.1. The van der Waals surface area contributed by atoms with Crippen molar-refractivity contribution in [1.82, 2.24) is 19.9 Å². The van der Waals surface area contributed by atoms with Gasteiger partial charge in [-0.1, -0.05) is 42.5 Å². The van der Waals surface area contributed by atoms with E-state index in [9.17, 15) is 9.18 Å². The summed E-state index contributed by atoms with van der Waals surface area (Å²) in [5, 5.41) is 0. The van der Waals surface area contributed by atoms with Gasteiger partial charge in [0.25, 0.3) is 5.91 Å². The summed E-state index contributed by atoms with van der Waals surface area (Å²) in [6.07, 6.45) is 7.07. The molecule has 1 amide bonds. The molecule has 2 aromatic heterocycles. The SMILES string of the molecule is O=C(c1ccccc1F)N1CCCC(c2nc(-c3ccccc3)ncc2-c2ccncc2)C1. The van der Waals surface area contributed by atoms with Gasteiger partial charge in [0.05, 0.1) is 11.3 Å². The van der Waals surface area contributed by atoms with Crippen molar-refractivity contribution < 1.29 is 9.18 Å². The molecule has 5 nitrogen and oxygen atoms in total. The van der Waals surface area contributed by atoms with Crippen LogP contribution in [0.3, 0.4) is 0 Å². The molecule has 1 saturated heterocycles. The minimum atomic E-state index is -0.490. The molecule has 1 aliphatic rings. The van der Waals surface area contributed by atoms with Gasteiger partial charge in [-0.2, -0.15) is 0 Å². The van der Waals surface area contributed by atoms with Crippen molar-refractivity contribution >= 4 is 5.91 Å². The van der Waals surface area contributed by atoms with Gasteiger partial charge in [-0.15, -0.1) is 0 Å². The lowest BCUT2D eigenvalue weighted by Gasteiger charge is -2.33. The van der Waals surface area contributed by atoms with E-state index in [4.69, 9.17) is 4.98 Å². The molecule has 6 heteroatoms. The van der Waals surface area contributed by atoms with Crippen molar-refractivity contribution in [2.75, 3.05) is 13.1 Å². The summed E-state index contributed by atoms with van der Waals surface area (Å²) >= 11 is 0. The zero-order chi connectivity index (χ0) is 22.6. The molecular formula is C27H23FN4O. The molecule has 5 rings (SSSR count). The van der Waals surface area contributed by atoms with Crippen LogP contribution in [0.2, 0.25) is 0 Å². The van der Waals surface area contributed by atoms with Gasteiger partial charge in [0.15, 0.2) is 5.82 Å². The number of carbonyl (C=O) groups is 1. The monoisotopic (exact) mass is 438 g/mol. The van der Waals surface area contributed by atoms with Gasteiger partial charge in [-0.3, -0.25) is 9.78 Å². The maximum atomic E-state index is 14.3. The number of piperidine rings is 1. The molecule has 0 aliphatic carbocycles. The number of hydrogen-bond donors (Lipinski definition) is 0. The van der Waals surface area contributed by atoms with E-state index < -0.39 is 5.82 Å². The highest BCUT2D eigenvalue weighted by atomic mass is 19.1. The predicted octanol–water partition coefficient (Wildman–Crippen LogP) is 5.36. The van der Waals surface area contributed by atoms with E-state index in [1.807, 2.05) is 48.7 Å².